The molecule has 3 heteroatoms. The number of aliphatic hydroxyl groups excluding tert-OH is 1. The van der Waals surface area contributed by atoms with Gasteiger partial charge in [0.25, 0.3) is 0 Å². The highest BCUT2D eigenvalue weighted by Crippen LogP contribution is 2.83. The van der Waals surface area contributed by atoms with Gasteiger partial charge in [0.05, 0.1) is 6.10 Å². The Morgan fingerprint density at radius 2 is 2.20 bits per heavy atom. The molecule has 0 aromatic rings. The number of carbonyl (C=O) groups is 1. The third kappa shape index (κ3) is 1.42. The molecule has 3 aliphatic rings. The lowest BCUT2D eigenvalue weighted by Crippen LogP contribution is -2.37. The Bertz CT molecular complexity index is 448. The van der Waals surface area contributed by atoms with Gasteiger partial charge >= 0.3 is 0 Å². The number of alkyl halides is 1. The van der Waals surface area contributed by atoms with Gasteiger partial charge < -0.3 is 5.11 Å². The molecule has 1 spiro atoms. The SMILES string of the molecule is C=CC1CCC(Cl)C2C3(CC)C(=O)CCC23[C@@H](C)C1O. The lowest BCUT2D eigenvalue weighted by atomic mass is 9.73. The van der Waals surface area contributed by atoms with Crippen molar-refractivity contribution in [2.45, 2.75) is 57.4 Å². The summed E-state index contributed by atoms with van der Waals surface area (Å²) in [6, 6.07) is 0. The average Bonchev–Trinajstić information content (AvgIpc) is 2.96. The normalized spacial score (nSPS) is 54.6. The first kappa shape index (κ1) is 14.6. The van der Waals surface area contributed by atoms with Crippen LogP contribution in [0.3, 0.4) is 0 Å². The number of aliphatic hydroxyl groups is 1. The fourth-order valence-electron chi connectivity index (χ4n) is 5.93. The van der Waals surface area contributed by atoms with Crippen molar-refractivity contribution in [3.63, 3.8) is 0 Å². The monoisotopic (exact) mass is 296 g/mol. The molecule has 0 saturated heterocycles. The van der Waals surface area contributed by atoms with Gasteiger partial charge in [-0.05, 0) is 42.9 Å². The number of hydrogen-bond donors (Lipinski definition) is 1. The lowest BCUT2D eigenvalue weighted by molar-refractivity contribution is -0.123. The fourth-order valence-corrected chi connectivity index (χ4v) is 6.50. The van der Waals surface area contributed by atoms with Crippen molar-refractivity contribution in [2.75, 3.05) is 0 Å². The predicted octanol–water partition coefficient (Wildman–Crippen LogP) is 3.56. The summed E-state index contributed by atoms with van der Waals surface area (Å²) >= 11 is 6.68. The quantitative estimate of drug-likeness (QED) is 0.625. The molecule has 0 aromatic carbocycles. The van der Waals surface area contributed by atoms with Crippen LogP contribution in [-0.2, 0) is 4.79 Å². The summed E-state index contributed by atoms with van der Waals surface area (Å²) in [5.74, 6) is 0.904. The number of Topliss-reactive ketones (excluding diaryl/α,β-unsaturated/α-hetero) is 1. The highest BCUT2D eigenvalue weighted by atomic mass is 35.5. The van der Waals surface area contributed by atoms with Gasteiger partial charge in [0.2, 0.25) is 0 Å². The highest BCUT2D eigenvalue weighted by molar-refractivity contribution is 6.21. The number of fused-ring (bicyclic) bond motifs is 1. The lowest BCUT2D eigenvalue weighted by Gasteiger charge is -2.35. The summed E-state index contributed by atoms with van der Waals surface area (Å²) < 4.78 is 0. The maximum atomic E-state index is 12.5. The Labute approximate surface area is 126 Å². The Morgan fingerprint density at radius 1 is 1.50 bits per heavy atom. The molecule has 3 rings (SSSR count). The number of halogens is 1. The minimum absolute atomic E-state index is 0.0493. The molecule has 0 bridgehead atoms. The molecule has 3 aliphatic carbocycles. The van der Waals surface area contributed by atoms with Crippen LogP contribution in [-0.4, -0.2) is 22.4 Å². The molecule has 0 aliphatic heterocycles. The number of hydrogen-bond acceptors (Lipinski definition) is 2. The molecule has 2 nitrogen and oxygen atoms in total. The van der Waals surface area contributed by atoms with E-state index in [-0.39, 0.29) is 34.0 Å². The van der Waals surface area contributed by atoms with Crippen LogP contribution in [0.2, 0.25) is 0 Å². The van der Waals surface area contributed by atoms with Crippen molar-refractivity contribution in [2.24, 2.45) is 28.6 Å². The topological polar surface area (TPSA) is 37.3 Å². The van der Waals surface area contributed by atoms with E-state index in [1.807, 2.05) is 6.08 Å². The van der Waals surface area contributed by atoms with E-state index >= 15 is 0 Å². The number of carbonyl (C=O) groups excluding carboxylic acids is 1. The van der Waals surface area contributed by atoms with Gasteiger partial charge in [0.1, 0.15) is 5.78 Å². The number of rotatable bonds is 2. The molecule has 1 N–H and O–H groups in total. The standard InChI is InChI=1S/C17H25ClO2/c1-4-11-6-7-12(18)15-16(5-2)13(19)8-9-17(15,16)10(3)14(11)20/h4,10-12,14-15,20H,1,5-9H2,2-3H3/t10-,11?,12?,14?,15?,16?,17?/m0/s1. The minimum atomic E-state index is -0.390. The van der Waals surface area contributed by atoms with E-state index in [0.29, 0.717) is 12.2 Å². The van der Waals surface area contributed by atoms with E-state index in [0.717, 1.165) is 25.7 Å². The van der Waals surface area contributed by atoms with E-state index in [1.54, 1.807) is 0 Å². The Hall–Kier alpha value is -0.340. The van der Waals surface area contributed by atoms with Gasteiger partial charge in [-0.2, -0.15) is 0 Å². The Kier molecular flexibility index (Phi) is 3.34. The molecule has 7 atom stereocenters. The largest absolute Gasteiger partial charge is 0.392 e. The van der Waals surface area contributed by atoms with E-state index in [2.05, 4.69) is 20.4 Å². The van der Waals surface area contributed by atoms with Crippen molar-refractivity contribution < 1.29 is 9.90 Å². The maximum absolute atomic E-state index is 12.5. The summed E-state index contributed by atoms with van der Waals surface area (Å²) in [5.41, 5.74) is -0.289. The van der Waals surface area contributed by atoms with Crippen LogP contribution in [0.4, 0.5) is 0 Å². The molecule has 6 unspecified atom stereocenters. The molecule has 20 heavy (non-hydrogen) atoms. The molecule has 0 radical (unpaired) electrons. The summed E-state index contributed by atoms with van der Waals surface area (Å²) in [5, 5.41) is 10.8. The van der Waals surface area contributed by atoms with Crippen molar-refractivity contribution in [1.29, 1.82) is 0 Å². The first-order valence-electron chi connectivity index (χ1n) is 7.95. The molecular formula is C17H25ClO2. The molecule has 0 amide bonds. The van der Waals surface area contributed by atoms with Crippen LogP contribution in [0.1, 0.15) is 46.0 Å². The minimum Gasteiger partial charge on any atom is -0.392 e. The maximum Gasteiger partial charge on any atom is 0.139 e. The third-order valence-electron chi connectivity index (χ3n) is 6.86. The molecule has 3 saturated carbocycles. The van der Waals surface area contributed by atoms with E-state index in [9.17, 15) is 9.90 Å². The second-order valence-electron chi connectivity index (χ2n) is 7.04. The summed E-state index contributed by atoms with van der Waals surface area (Å²) in [4.78, 5) is 12.5. The van der Waals surface area contributed by atoms with Gasteiger partial charge in [-0.15, -0.1) is 18.2 Å². The zero-order chi connectivity index (χ0) is 14.7. The molecule has 0 aromatic heterocycles. The van der Waals surface area contributed by atoms with Crippen LogP contribution < -0.4 is 0 Å². The van der Waals surface area contributed by atoms with Gasteiger partial charge in [-0.3, -0.25) is 4.79 Å². The smallest absolute Gasteiger partial charge is 0.139 e. The van der Waals surface area contributed by atoms with E-state index < -0.39 is 6.10 Å². The second kappa shape index (κ2) is 4.58. The van der Waals surface area contributed by atoms with Gasteiger partial charge in [-0.1, -0.05) is 19.9 Å². The Morgan fingerprint density at radius 3 is 2.80 bits per heavy atom. The first-order chi connectivity index (χ1) is 9.47. The van der Waals surface area contributed by atoms with Crippen LogP contribution in [0.5, 0.6) is 0 Å². The summed E-state index contributed by atoms with van der Waals surface area (Å²) in [7, 11) is 0. The highest BCUT2D eigenvalue weighted by Gasteiger charge is 2.84. The third-order valence-corrected chi connectivity index (χ3v) is 7.33. The predicted molar refractivity (Wildman–Crippen MR) is 80.6 cm³/mol. The van der Waals surface area contributed by atoms with Crippen molar-refractivity contribution in [3.8, 4) is 0 Å². The zero-order valence-corrected chi connectivity index (χ0v) is 13.2. The van der Waals surface area contributed by atoms with Gasteiger partial charge in [-0.25, -0.2) is 0 Å². The molecule has 0 heterocycles. The molecule has 3 fully saturated rings. The van der Waals surface area contributed by atoms with Crippen LogP contribution in [0, 0.1) is 28.6 Å². The summed E-state index contributed by atoms with van der Waals surface area (Å²) in [6.07, 6.45) is 5.69. The second-order valence-corrected chi connectivity index (χ2v) is 7.60. The molecular weight excluding hydrogens is 272 g/mol. The first-order valence-corrected chi connectivity index (χ1v) is 8.39. The Balaban J connectivity index is 2.04. The fraction of sp³-hybridized carbons (Fsp3) is 0.824. The van der Waals surface area contributed by atoms with Gasteiger partial charge in [0.15, 0.2) is 0 Å². The van der Waals surface area contributed by atoms with Crippen molar-refractivity contribution >= 4 is 17.4 Å². The van der Waals surface area contributed by atoms with Crippen LogP contribution in [0.15, 0.2) is 12.7 Å². The number of ketones is 1. The molecule has 112 valence electrons. The van der Waals surface area contributed by atoms with Crippen molar-refractivity contribution in [3.05, 3.63) is 12.7 Å². The van der Waals surface area contributed by atoms with E-state index in [1.165, 1.54) is 0 Å². The van der Waals surface area contributed by atoms with Crippen molar-refractivity contribution in [1.82, 2.24) is 0 Å². The van der Waals surface area contributed by atoms with Gasteiger partial charge in [0, 0.05) is 23.1 Å². The van der Waals surface area contributed by atoms with Crippen LogP contribution >= 0.6 is 11.6 Å². The van der Waals surface area contributed by atoms with E-state index in [4.69, 9.17) is 11.6 Å². The summed E-state index contributed by atoms with van der Waals surface area (Å²) in [6.45, 7) is 8.11. The zero-order valence-electron chi connectivity index (χ0n) is 12.4. The average molecular weight is 297 g/mol. The van der Waals surface area contributed by atoms with Crippen LogP contribution in [0.25, 0.3) is 0 Å².